The molecule has 12 heteroatoms. The number of methoxy groups -OCH3 is 1. The first kappa shape index (κ1) is 19.8. The summed E-state index contributed by atoms with van der Waals surface area (Å²) >= 11 is 0. The highest BCUT2D eigenvalue weighted by Gasteiger charge is 2.43. The first-order chi connectivity index (χ1) is 13.7. The van der Waals surface area contributed by atoms with Crippen molar-refractivity contribution >= 4 is 23.3 Å². The van der Waals surface area contributed by atoms with Crippen molar-refractivity contribution in [2.24, 2.45) is 0 Å². The number of nitrogens with zero attached hydrogens (tertiary/aromatic N) is 1. The molecule has 10 nitrogen and oxygen atoms in total. The van der Waals surface area contributed by atoms with E-state index in [0.717, 1.165) is 25.3 Å². The number of fused-ring (bicyclic) bond motifs is 1. The lowest BCUT2D eigenvalue weighted by Gasteiger charge is -2.09. The summed E-state index contributed by atoms with van der Waals surface area (Å²) in [7, 11) is 1.13. The molecule has 0 radical (unpaired) electrons. The molecular weight excluding hydrogens is 398 g/mol. The zero-order valence-corrected chi connectivity index (χ0v) is 14.6. The third-order valence-corrected chi connectivity index (χ3v) is 3.62. The number of anilines is 1. The van der Waals surface area contributed by atoms with Crippen LogP contribution in [0, 0.1) is 10.1 Å². The summed E-state index contributed by atoms with van der Waals surface area (Å²) in [5, 5.41) is 13.5. The number of rotatable bonds is 6. The van der Waals surface area contributed by atoms with E-state index in [1.165, 1.54) is 18.2 Å². The van der Waals surface area contributed by atoms with Crippen LogP contribution in [0.4, 0.5) is 20.2 Å². The number of hydrogen-bond donors (Lipinski definition) is 1. The summed E-state index contributed by atoms with van der Waals surface area (Å²) in [5.74, 6) is -2.19. The number of halogens is 2. The number of benzene rings is 2. The fraction of sp³-hybridized carbons (Fsp3) is 0.176. The lowest BCUT2D eigenvalue weighted by atomic mass is 10.2. The molecule has 0 spiro atoms. The predicted molar refractivity (Wildman–Crippen MR) is 91.2 cm³/mol. The van der Waals surface area contributed by atoms with Gasteiger partial charge in [0.1, 0.15) is 0 Å². The Morgan fingerprint density at radius 1 is 1.17 bits per heavy atom. The summed E-state index contributed by atoms with van der Waals surface area (Å²) in [4.78, 5) is 33.9. The molecule has 1 aliphatic heterocycles. The van der Waals surface area contributed by atoms with Crippen molar-refractivity contribution in [3.05, 3.63) is 52.1 Å². The average Bonchev–Trinajstić information content (AvgIpc) is 2.98. The second kappa shape index (κ2) is 7.58. The Kier molecular flexibility index (Phi) is 5.17. The van der Waals surface area contributed by atoms with Crippen LogP contribution in [0.5, 0.6) is 17.2 Å². The molecule has 0 saturated carbocycles. The van der Waals surface area contributed by atoms with Crippen molar-refractivity contribution in [2.45, 2.75) is 6.29 Å². The number of nitro benzene ring substituents is 1. The third kappa shape index (κ3) is 4.48. The Bertz CT molecular complexity index is 995. The number of ether oxygens (including phenoxy) is 4. The van der Waals surface area contributed by atoms with E-state index < -0.39 is 35.4 Å². The van der Waals surface area contributed by atoms with E-state index in [-0.39, 0.29) is 28.5 Å². The van der Waals surface area contributed by atoms with E-state index in [1.54, 1.807) is 0 Å². The summed E-state index contributed by atoms with van der Waals surface area (Å²) in [6, 6.07) is 6.96. The second-order valence-corrected chi connectivity index (χ2v) is 5.60. The van der Waals surface area contributed by atoms with Crippen molar-refractivity contribution in [3.63, 3.8) is 0 Å². The smallest absolute Gasteiger partial charge is 0.477 e. The summed E-state index contributed by atoms with van der Waals surface area (Å²) in [5.41, 5.74) is -0.478. The predicted octanol–water partition coefficient (Wildman–Crippen LogP) is 2.72. The highest BCUT2D eigenvalue weighted by atomic mass is 19.3. The van der Waals surface area contributed by atoms with E-state index >= 15 is 0 Å². The fourth-order valence-electron chi connectivity index (χ4n) is 2.39. The van der Waals surface area contributed by atoms with Crippen LogP contribution in [0.25, 0.3) is 0 Å². The zero-order valence-electron chi connectivity index (χ0n) is 14.6. The van der Waals surface area contributed by atoms with E-state index in [1.807, 2.05) is 0 Å². The van der Waals surface area contributed by atoms with Gasteiger partial charge >= 0.3 is 18.0 Å². The molecule has 0 saturated heterocycles. The molecule has 2 aromatic carbocycles. The molecule has 0 atom stereocenters. The van der Waals surface area contributed by atoms with Gasteiger partial charge in [0.2, 0.25) is 0 Å². The highest BCUT2D eigenvalue weighted by Crippen LogP contribution is 2.42. The van der Waals surface area contributed by atoms with Crippen molar-refractivity contribution in [1.82, 2.24) is 0 Å². The number of hydrogen-bond acceptors (Lipinski definition) is 8. The molecule has 0 unspecified atom stereocenters. The van der Waals surface area contributed by atoms with E-state index in [0.29, 0.717) is 0 Å². The minimum atomic E-state index is -3.79. The Labute approximate surface area is 161 Å². The van der Waals surface area contributed by atoms with Crippen LogP contribution in [0.3, 0.4) is 0 Å². The number of alkyl halides is 2. The molecule has 1 heterocycles. The van der Waals surface area contributed by atoms with Crippen LogP contribution in [-0.4, -0.2) is 36.8 Å². The lowest BCUT2D eigenvalue weighted by molar-refractivity contribution is -0.385. The van der Waals surface area contributed by atoms with Gasteiger partial charge in [-0.3, -0.25) is 14.9 Å². The molecular formula is C17H12F2N2O8. The summed E-state index contributed by atoms with van der Waals surface area (Å²) in [6.45, 7) is -0.622. The van der Waals surface area contributed by atoms with Gasteiger partial charge in [0.15, 0.2) is 23.9 Å². The summed E-state index contributed by atoms with van der Waals surface area (Å²) < 4.78 is 44.2. The molecule has 0 bridgehead atoms. The van der Waals surface area contributed by atoms with E-state index in [4.69, 9.17) is 4.74 Å². The van der Waals surface area contributed by atoms with E-state index in [2.05, 4.69) is 19.5 Å². The summed E-state index contributed by atoms with van der Waals surface area (Å²) in [6.07, 6.45) is -3.79. The minimum Gasteiger partial charge on any atom is -0.477 e. The second-order valence-electron chi connectivity index (χ2n) is 5.60. The number of carbonyl (C=O) groups excluding carboxylic acids is 2. The SMILES string of the molecule is COC(=O)c1ccc(OCC(=O)Nc2ccc3c(c2)OC(F)(F)O3)c([N+](=O)[O-])c1. The van der Waals surface area contributed by atoms with Crippen LogP contribution >= 0.6 is 0 Å². The molecule has 0 fully saturated rings. The van der Waals surface area contributed by atoms with Crippen LogP contribution < -0.4 is 19.5 Å². The molecule has 1 amide bonds. The molecule has 2 aromatic rings. The molecule has 1 N–H and O–H groups in total. The number of amides is 1. The Morgan fingerprint density at radius 2 is 1.90 bits per heavy atom. The molecule has 3 rings (SSSR count). The van der Waals surface area contributed by atoms with Gasteiger partial charge in [-0.1, -0.05) is 0 Å². The zero-order chi connectivity index (χ0) is 21.2. The average molecular weight is 410 g/mol. The van der Waals surface area contributed by atoms with Gasteiger partial charge < -0.3 is 24.3 Å². The fourth-order valence-corrected chi connectivity index (χ4v) is 2.39. The Morgan fingerprint density at radius 3 is 2.59 bits per heavy atom. The van der Waals surface area contributed by atoms with Crippen molar-refractivity contribution in [1.29, 1.82) is 0 Å². The molecule has 0 aliphatic carbocycles. The lowest BCUT2D eigenvalue weighted by Crippen LogP contribution is -2.25. The first-order valence-electron chi connectivity index (χ1n) is 7.88. The molecule has 0 aromatic heterocycles. The quantitative estimate of drug-likeness (QED) is 0.438. The van der Waals surface area contributed by atoms with Crippen molar-refractivity contribution in [2.75, 3.05) is 19.0 Å². The van der Waals surface area contributed by atoms with Crippen molar-refractivity contribution < 1.29 is 42.2 Å². The van der Waals surface area contributed by atoms with Gasteiger partial charge in [0.05, 0.1) is 17.6 Å². The van der Waals surface area contributed by atoms with Crippen LogP contribution in [0.2, 0.25) is 0 Å². The maximum absolute atomic E-state index is 13.0. The largest absolute Gasteiger partial charge is 0.586 e. The first-order valence-corrected chi connectivity index (χ1v) is 7.88. The van der Waals surface area contributed by atoms with E-state index in [9.17, 15) is 28.5 Å². The maximum Gasteiger partial charge on any atom is 0.586 e. The Hall–Kier alpha value is -3.96. The monoisotopic (exact) mass is 410 g/mol. The minimum absolute atomic E-state index is 0.0619. The number of nitro groups is 1. The van der Waals surface area contributed by atoms with Gasteiger partial charge in [-0.15, -0.1) is 8.78 Å². The number of nitrogens with one attached hydrogen (secondary N) is 1. The van der Waals surface area contributed by atoms with Crippen LogP contribution in [-0.2, 0) is 9.53 Å². The maximum atomic E-state index is 13.0. The van der Waals surface area contributed by atoms with Gasteiger partial charge in [-0.05, 0) is 24.3 Å². The number of carbonyl (C=O) groups is 2. The van der Waals surface area contributed by atoms with Gasteiger partial charge in [-0.25, -0.2) is 4.79 Å². The van der Waals surface area contributed by atoms with Crippen LogP contribution in [0.1, 0.15) is 10.4 Å². The highest BCUT2D eigenvalue weighted by molar-refractivity contribution is 5.92. The Balaban J connectivity index is 1.66. The van der Waals surface area contributed by atoms with Gasteiger partial charge in [0, 0.05) is 17.8 Å². The number of esters is 1. The van der Waals surface area contributed by atoms with Crippen molar-refractivity contribution in [3.8, 4) is 17.2 Å². The normalized spacial score (nSPS) is 13.5. The third-order valence-electron chi connectivity index (χ3n) is 3.62. The van der Waals surface area contributed by atoms with Gasteiger partial charge in [0.25, 0.3) is 5.91 Å². The molecule has 1 aliphatic rings. The van der Waals surface area contributed by atoms with Gasteiger partial charge in [-0.2, -0.15) is 0 Å². The topological polar surface area (TPSA) is 126 Å². The molecule has 152 valence electrons. The standard InChI is InChI=1S/C17H12F2N2O8/c1-26-16(23)9-2-4-12(11(6-9)21(24)25)27-8-15(22)20-10-3-5-13-14(7-10)29-17(18,19)28-13/h2-7H,8H2,1H3,(H,20,22). The van der Waals surface area contributed by atoms with Crippen LogP contribution in [0.15, 0.2) is 36.4 Å². The molecule has 29 heavy (non-hydrogen) atoms.